The molecule has 0 spiro atoms. The van der Waals surface area contributed by atoms with Crippen molar-refractivity contribution < 1.29 is 19.0 Å². The van der Waals surface area contributed by atoms with Gasteiger partial charge in [-0.2, -0.15) is 4.52 Å². The van der Waals surface area contributed by atoms with Gasteiger partial charge in [0, 0.05) is 11.6 Å². The summed E-state index contributed by atoms with van der Waals surface area (Å²) in [5.74, 6) is 2.02. The monoisotopic (exact) mass is 433 g/mol. The molecule has 164 valence electrons. The highest BCUT2D eigenvalue weighted by atomic mass is 16.5. The Kier molecular flexibility index (Phi) is 6.45. The molecule has 0 saturated heterocycles. The first-order valence-electron chi connectivity index (χ1n) is 10.2. The number of carbonyl (C=O) groups is 1. The van der Waals surface area contributed by atoms with Crippen LogP contribution >= 0.6 is 0 Å². The van der Waals surface area contributed by atoms with E-state index in [0.717, 1.165) is 5.56 Å². The molecule has 0 aliphatic rings. The zero-order valence-electron chi connectivity index (χ0n) is 17.8. The SMILES string of the molecule is CCOc1ccccc1C(=O)NCCOc1ccc2nnc(-c3cccc(OC)c3)n2n1. The van der Waals surface area contributed by atoms with E-state index in [4.69, 9.17) is 14.2 Å². The van der Waals surface area contributed by atoms with Gasteiger partial charge in [0.05, 0.1) is 25.8 Å². The van der Waals surface area contributed by atoms with Gasteiger partial charge in [0.15, 0.2) is 11.5 Å². The number of carbonyl (C=O) groups excluding carboxylic acids is 1. The van der Waals surface area contributed by atoms with Crippen LogP contribution in [0.4, 0.5) is 0 Å². The van der Waals surface area contributed by atoms with E-state index in [-0.39, 0.29) is 12.5 Å². The third kappa shape index (κ3) is 4.61. The molecule has 0 atom stereocenters. The average Bonchev–Trinajstić information content (AvgIpc) is 3.25. The van der Waals surface area contributed by atoms with Gasteiger partial charge in [-0.15, -0.1) is 15.3 Å². The van der Waals surface area contributed by atoms with Crippen molar-refractivity contribution in [3.05, 3.63) is 66.2 Å². The van der Waals surface area contributed by atoms with E-state index in [1.54, 1.807) is 42.0 Å². The Bertz CT molecular complexity index is 1220. The maximum atomic E-state index is 12.5. The molecule has 0 unspecified atom stereocenters. The smallest absolute Gasteiger partial charge is 0.255 e. The summed E-state index contributed by atoms with van der Waals surface area (Å²) < 4.78 is 18.1. The molecule has 9 nitrogen and oxygen atoms in total. The Morgan fingerprint density at radius 3 is 2.75 bits per heavy atom. The highest BCUT2D eigenvalue weighted by Crippen LogP contribution is 2.23. The van der Waals surface area contributed by atoms with E-state index in [9.17, 15) is 4.79 Å². The van der Waals surface area contributed by atoms with E-state index in [0.29, 0.717) is 47.6 Å². The summed E-state index contributed by atoms with van der Waals surface area (Å²) in [6.45, 7) is 2.92. The molecule has 0 fully saturated rings. The molecule has 4 aromatic rings. The number of aromatic nitrogens is 4. The number of nitrogens with zero attached hydrogens (tertiary/aromatic N) is 4. The predicted molar refractivity (Wildman–Crippen MR) is 118 cm³/mol. The van der Waals surface area contributed by atoms with Crippen LogP contribution in [-0.4, -0.2) is 52.6 Å². The fraction of sp³-hybridized carbons (Fsp3) is 0.217. The highest BCUT2D eigenvalue weighted by molar-refractivity contribution is 5.96. The second-order valence-electron chi connectivity index (χ2n) is 6.73. The van der Waals surface area contributed by atoms with Crippen LogP contribution in [0.3, 0.4) is 0 Å². The van der Waals surface area contributed by atoms with Crippen LogP contribution in [0.25, 0.3) is 17.0 Å². The molecule has 0 bridgehead atoms. The van der Waals surface area contributed by atoms with Crippen molar-refractivity contribution in [2.75, 3.05) is 26.9 Å². The number of methoxy groups -OCH3 is 1. The summed E-state index contributed by atoms with van der Waals surface area (Å²) in [4.78, 5) is 12.5. The van der Waals surface area contributed by atoms with E-state index in [1.807, 2.05) is 37.3 Å². The average molecular weight is 433 g/mol. The lowest BCUT2D eigenvalue weighted by molar-refractivity contribution is 0.0942. The van der Waals surface area contributed by atoms with E-state index >= 15 is 0 Å². The van der Waals surface area contributed by atoms with Crippen molar-refractivity contribution in [3.63, 3.8) is 0 Å². The molecule has 9 heteroatoms. The van der Waals surface area contributed by atoms with Gasteiger partial charge >= 0.3 is 0 Å². The number of benzene rings is 2. The molecule has 0 saturated carbocycles. The fourth-order valence-electron chi connectivity index (χ4n) is 3.14. The number of hydrogen-bond acceptors (Lipinski definition) is 7. The number of fused-ring (bicyclic) bond motifs is 1. The first kappa shape index (κ1) is 21.1. The number of amides is 1. The van der Waals surface area contributed by atoms with Crippen molar-refractivity contribution in [3.8, 4) is 28.8 Å². The lowest BCUT2D eigenvalue weighted by atomic mass is 10.2. The quantitative estimate of drug-likeness (QED) is 0.405. The number of para-hydroxylation sites is 1. The normalized spacial score (nSPS) is 10.7. The van der Waals surface area contributed by atoms with Gasteiger partial charge in [-0.1, -0.05) is 24.3 Å². The van der Waals surface area contributed by atoms with Crippen LogP contribution in [0.15, 0.2) is 60.7 Å². The minimum absolute atomic E-state index is 0.222. The molecule has 0 radical (unpaired) electrons. The van der Waals surface area contributed by atoms with Crippen molar-refractivity contribution in [2.45, 2.75) is 6.92 Å². The molecule has 2 aromatic heterocycles. The molecular formula is C23H23N5O4. The van der Waals surface area contributed by atoms with Gasteiger partial charge in [0.1, 0.15) is 18.1 Å². The minimum atomic E-state index is -0.222. The standard InChI is InChI=1S/C23H23N5O4/c1-3-31-19-10-5-4-9-18(19)23(29)24-13-14-32-21-12-11-20-25-26-22(28(20)27-21)16-7-6-8-17(15-16)30-2/h4-12,15H,3,13-14H2,1-2H3,(H,24,29). The third-order valence-electron chi connectivity index (χ3n) is 4.64. The zero-order valence-corrected chi connectivity index (χ0v) is 17.8. The predicted octanol–water partition coefficient (Wildman–Crippen LogP) is 3.01. The lowest BCUT2D eigenvalue weighted by Gasteiger charge is -2.11. The first-order chi connectivity index (χ1) is 15.7. The fourth-order valence-corrected chi connectivity index (χ4v) is 3.14. The molecule has 2 aromatic carbocycles. The Labute approximate surface area is 185 Å². The Morgan fingerprint density at radius 2 is 1.91 bits per heavy atom. The molecule has 4 rings (SSSR count). The van der Waals surface area contributed by atoms with Crippen LogP contribution < -0.4 is 19.5 Å². The summed E-state index contributed by atoms with van der Waals surface area (Å²) in [5, 5.41) is 15.7. The molecule has 1 N–H and O–H groups in total. The number of nitrogens with one attached hydrogen (secondary N) is 1. The molecule has 0 aliphatic heterocycles. The van der Waals surface area contributed by atoms with E-state index in [1.165, 1.54) is 0 Å². The van der Waals surface area contributed by atoms with Gasteiger partial charge in [0.25, 0.3) is 5.91 Å². The summed E-state index contributed by atoms with van der Waals surface area (Å²) in [7, 11) is 1.61. The minimum Gasteiger partial charge on any atom is -0.497 e. The largest absolute Gasteiger partial charge is 0.497 e. The zero-order chi connectivity index (χ0) is 22.3. The van der Waals surface area contributed by atoms with Crippen LogP contribution in [0.5, 0.6) is 17.4 Å². The molecular weight excluding hydrogens is 410 g/mol. The van der Waals surface area contributed by atoms with Crippen molar-refractivity contribution >= 4 is 11.6 Å². The topological polar surface area (TPSA) is 99.9 Å². The number of hydrogen-bond donors (Lipinski definition) is 1. The van der Waals surface area contributed by atoms with E-state index in [2.05, 4.69) is 20.6 Å². The van der Waals surface area contributed by atoms with Crippen LogP contribution in [-0.2, 0) is 0 Å². The van der Waals surface area contributed by atoms with Crippen molar-refractivity contribution in [2.24, 2.45) is 0 Å². The maximum absolute atomic E-state index is 12.5. The lowest BCUT2D eigenvalue weighted by Crippen LogP contribution is -2.28. The van der Waals surface area contributed by atoms with Crippen molar-refractivity contribution in [1.82, 2.24) is 25.1 Å². The van der Waals surface area contributed by atoms with Gasteiger partial charge in [-0.3, -0.25) is 4.79 Å². The molecule has 1 amide bonds. The second-order valence-corrected chi connectivity index (χ2v) is 6.73. The van der Waals surface area contributed by atoms with Crippen LogP contribution in [0, 0.1) is 0 Å². The van der Waals surface area contributed by atoms with Gasteiger partial charge < -0.3 is 19.5 Å². The first-order valence-corrected chi connectivity index (χ1v) is 10.2. The summed E-state index contributed by atoms with van der Waals surface area (Å²) in [6, 6.07) is 18.1. The van der Waals surface area contributed by atoms with Gasteiger partial charge in [0.2, 0.25) is 5.88 Å². The van der Waals surface area contributed by atoms with Gasteiger partial charge in [-0.05, 0) is 37.3 Å². The summed E-state index contributed by atoms with van der Waals surface area (Å²) >= 11 is 0. The Hall–Kier alpha value is -4.14. The number of ether oxygens (including phenoxy) is 3. The Balaban J connectivity index is 1.40. The van der Waals surface area contributed by atoms with Crippen LogP contribution in [0.1, 0.15) is 17.3 Å². The van der Waals surface area contributed by atoms with Crippen molar-refractivity contribution in [1.29, 1.82) is 0 Å². The molecule has 2 heterocycles. The Morgan fingerprint density at radius 1 is 1.03 bits per heavy atom. The van der Waals surface area contributed by atoms with Crippen LogP contribution in [0.2, 0.25) is 0 Å². The second kappa shape index (κ2) is 9.78. The van der Waals surface area contributed by atoms with Gasteiger partial charge in [-0.25, -0.2) is 0 Å². The molecule has 0 aliphatic carbocycles. The third-order valence-corrected chi connectivity index (χ3v) is 4.64. The number of rotatable bonds is 9. The molecule has 32 heavy (non-hydrogen) atoms. The maximum Gasteiger partial charge on any atom is 0.255 e. The highest BCUT2D eigenvalue weighted by Gasteiger charge is 2.13. The summed E-state index contributed by atoms with van der Waals surface area (Å²) in [5.41, 5.74) is 1.90. The van der Waals surface area contributed by atoms with E-state index < -0.39 is 0 Å². The summed E-state index contributed by atoms with van der Waals surface area (Å²) in [6.07, 6.45) is 0.